The molecule has 0 bridgehead atoms. The largest absolute Gasteiger partial charge is 0.397 e. The van der Waals surface area contributed by atoms with Crippen LogP contribution in [0.4, 0.5) is 11.4 Å². The van der Waals surface area contributed by atoms with Crippen molar-refractivity contribution < 1.29 is 5.11 Å². The Bertz CT molecular complexity index is 383. The normalized spacial score (nSPS) is 12.6. The van der Waals surface area contributed by atoms with Gasteiger partial charge in [-0.1, -0.05) is 11.6 Å². The maximum atomic E-state index is 10.0. The van der Waals surface area contributed by atoms with Crippen LogP contribution in [0.3, 0.4) is 0 Å². The van der Waals surface area contributed by atoms with E-state index < -0.39 is 11.1 Å². The molecule has 0 unspecified atom stereocenters. The highest BCUT2D eigenvalue weighted by molar-refractivity contribution is 6.31. The van der Waals surface area contributed by atoms with E-state index in [-0.39, 0.29) is 0 Å². The van der Waals surface area contributed by atoms with Crippen LogP contribution < -0.4 is 11.1 Å². The molecule has 0 spiro atoms. The van der Waals surface area contributed by atoms with E-state index >= 15 is 0 Å². The fourth-order valence-electron chi connectivity index (χ4n) is 1.14. The maximum absolute atomic E-state index is 10.0. The van der Waals surface area contributed by atoms with Crippen LogP contribution in [0.15, 0.2) is 18.2 Å². The van der Waals surface area contributed by atoms with Crippen molar-refractivity contribution in [1.82, 2.24) is 0 Å². The van der Waals surface area contributed by atoms with Gasteiger partial charge in [-0.3, -0.25) is 0 Å². The Balaban J connectivity index is 2.97. The van der Waals surface area contributed by atoms with Crippen LogP contribution in [0, 0.1) is 0 Å². The number of halogens is 1. The fourth-order valence-corrected chi connectivity index (χ4v) is 1.32. The number of aliphatic hydroxyl groups is 1. The summed E-state index contributed by atoms with van der Waals surface area (Å²) in [5.41, 5.74) is 5.84. The Labute approximate surface area is 102 Å². The van der Waals surface area contributed by atoms with Gasteiger partial charge in [-0.05, 0) is 45.9 Å². The highest BCUT2D eigenvalue weighted by Crippen LogP contribution is 2.30. The first kappa shape index (κ1) is 13.1. The Hall–Kier alpha value is -0.930. The van der Waals surface area contributed by atoms with Gasteiger partial charge in [-0.15, -0.1) is 0 Å². The lowest BCUT2D eigenvalue weighted by atomic mass is 9.85. The SMILES string of the molecule is CC(C)(O)C(C)(C)Nc1ccc(Cl)cc1N. The number of nitrogen functional groups attached to an aromatic ring is 1. The van der Waals surface area contributed by atoms with E-state index in [4.69, 9.17) is 17.3 Å². The van der Waals surface area contributed by atoms with Crippen molar-refractivity contribution in [3.05, 3.63) is 23.2 Å². The van der Waals surface area contributed by atoms with Gasteiger partial charge >= 0.3 is 0 Å². The quantitative estimate of drug-likeness (QED) is 0.715. The summed E-state index contributed by atoms with van der Waals surface area (Å²) in [5.74, 6) is 0. The molecule has 1 rings (SSSR count). The van der Waals surface area contributed by atoms with Crippen molar-refractivity contribution in [3.63, 3.8) is 0 Å². The summed E-state index contributed by atoms with van der Waals surface area (Å²) in [5, 5.41) is 13.8. The van der Waals surface area contributed by atoms with E-state index in [1.165, 1.54) is 0 Å². The third-order valence-electron chi connectivity index (χ3n) is 2.99. The number of nitrogens with one attached hydrogen (secondary N) is 1. The molecule has 0 heterocycles. The lowest BCUT2D eigenvalue weighted by Gasteiger charge is -2.39. The van der Waals surface area contributed by atoms with Crippen molar-refractivity contribution in [1.29, 1.82) is 0 Å². The zero-order chi connectivity index (χ0) is 12.6. The van der Waals surface area contributed by atoms with Gasteiger partial charge in [-0.2, -0.15) is 0 Å². The molecule has 0 aliphatic heterocycles. The van der Waals surface area contributed by atoms with Crippen LogP contribution in [0.5, 0.6) is 0 Å². The summed E-state index contributed by atoms with van der Waals surface area (Å²) >= 11 is 5.82. The van der Waals surface area contributed by atoms with Gasteiger partial charge in [0.1, 0.15) is 0 Å². The molecule has 0 fully saturated rings. The van der Waals surface area contributed by atoms with E-state index in [9.17, 15) is 5.11 Å². The molecule has 0 atom stereocenters. The van der Waals surface area contributed by atoms with Gasteiger partial charge in [-0.25, -0.2) is 0 Å². The van der Waals surface area contributed by atoms with Gasteiger partial charge in [0, 0.05) is 5.02 Å². The van der Waals surface area contributed by atoms with Crippen LogP contribution in [0.25, 0.3) is 0 Å². The van der Waals surface area contributed by atoms with Crippen molar-refractivity contribution in [3.8, 4) is 0 Å². The molecule has 0 aliphatic rings. The van der Waals surface area contributed by atoms with Gasteiger partial charge in [0.15, 0.2) is 0 Å². The minimum Gasteiger partial charge on any atom is -0.397 e. The summed E-state index contributed by atoms with van der Waals surface area (Å²) in [6, 6.07) is 5.26. The minimum atomic E-state index is -0.862. The monoisotopic (exact) mass is 242 g/mol. The third-order valence-corrected chi connectivity index (χ3v) is 3.23. The molecule has 1 aromatic rings. The van der Waals surface area contributed by atoms with Gasteiger partial charge in [0.05, 0.1) is 22.5 Å². The van der Waals surface area contributed by atoms with Crippen LogP contribution >= 0.6 is 11.6 Å². The molecule has 90 valence electrons. The number of hydrogen-bond donors (Lipinski definition) is 3. The first-order valence-corrected chi connectivity index (χ1v) is 5.57. The molecule has 3 nitrogen and oxygen atoms in total. The molecular formula is C12H19ClN2O. The standard InChI is InChI=1S/C12H19ClN2O/c1-11(2,12(3,4)16)15-10-6-5-8(13)7-9(10)14/h5-7,15-16H,14H2,1-4H3. The molecule has 0 saturated heterocycles. The Morgan fingerprint density at radius 2 is 1.81 bits per heavy atom. The topological polar surface area (TPSA) is 58.3 Å². The Morgan fingerprint density at radius 1 is 1.25 bits per heavy atom. The lowest BCUT2D eigenvalue weighted by Crippen LogP contribution is -2.51. The van der Waals surface area contributed by atoms with E-state index in [1.54, 1.807) is 26.0 Å². The van der Waals surface area contributed by atoms with Gasteiger partial charge < -0.3 is 16.2 Å². The summed E-state index contributed by atoms with van der Waals surface area (Å²) in [7, 11) is 0. The third kappa shape index (κ3) is 2.80. The molecule has 0 saturated carbocycles. The van der Waals surface area contributed by atoms with E-state index in [0.29, 0.717) is 10.7 Å². The van der Waals surface area contributed by atoms with Crippen molar-refractivity contribution in [2.75, 3.05) is 11.1 Å². The highest BCUT2D eigenvalue weighted by Gasteiger charge is 2.35. The lowest BCUT2D eigenvalue weighted by molar-refractivity contribution is 0.0241. The second kappa shape index (κ2) is 4.15. The number of nitrogens with two attached hydrogens (primary N) is 1. The molecular weight excluding hydrogens is 224 g/mol. The summed E-state index contributed by atoms with van der Waals surface area (Å²) in [6.45, 7) is 7.35. The predicted molar refractivity (Wildman–Crippen MR) is 69.9 cm³/mol. The van der Waals surface area contributed by atoms with E-state index in [1.807, 2.05) is 19.9 Å². The van der Waals surface area contributed by atoms with Crippen LogP contribution in [-0.4, -0.2) is 16.2 Å². The van der Waals surface area contributed by atoms with Crippen LogP contribution in [0.2, 0.25) is 5.02 Å². The minimum absolute atomic E-state index is 0.491. The van der Waals surface area contributed by atoms with Gasteiger partial charge in [0.2, 0.25) is 0 Å². The maximum Gasteiger partial charge on any atom is 0.0814 e. The molecule has 1 aromatic carbocycles. The number of anilines is 2. The average molecular weight is 243 g/mol. The van der Waals surface area contributed by atoms with Crippen molar-refractivity contribution in [2.24, 2.45) is 0 Å². The summed E-state index contributed by atoms with van der Waals surface area (Å²) in [4.78, 5) is 0. The van der Waals surface area contributed by atoms with Crippen LogP contribution in [0.1, 0.15) is 27.7 Å². The van der Waals surface area contributed by atoms with Gasteiger partial charge in [0.25, 0.3) is 0 Å². The molecule has 0 aliphatic carbocycles. The first-order chi connectivity index (χ1) is 7.13. The molecule has 4 heteroatoms. The van der Waals surface area contributed by atoms with Crippen molar-refractivity contribution >= 4 is 23.0 Å². The highest BCUT2D eigenvalue weighted by atomic mass is 35.5. The number of hydrogen-bond acceptors (Lipinski definition) is 3. The summed E-state index contributed by atoms with van der Waals surface area (Å²) in [6.07, 6.45) is 0. The second-order valence-electron chi connectivity index (χ2n) is 5.04. The number of benzene rings is 1. The predicted octanol–water partition coefficient (Wildman–Crippen LogP) is 2.88. The van der Waals surface area contributed by atoms with E-state index in [0.717, 1.165) is 5.69 Å². The second-order valence-corrected chi connectivity index (χ2v) is 5.48. The van der Waals surface area contributed by atoms with Crippen molar-refractivity contribution in [2.45, 2.75) is 38.8 Å². The smallest absolute Gasteiger partial charge is 0.0814 e. The number of rotatable bonds is 3. The average Bonchev–Trinajstić information content (AvgIpc) is 2.08. The molecule has 0 aromatic heterocycles. The molecule has 16 heavy (non-hydrogen) atoms. The zero-order valence-corrected chi connectivity index (χ0v) is 10.9. The Morgan fingerprint density at radius 3 is 2.25 bits per heavy atom. The zero-order valence-electron chi connectivity index (χ0n) is 10.1. The van der Waals surface area contributed by atoms with E-state index in [2.05, 4.69) is 5.32 Å². The first-order valence-electron chi connectivity index (χ1n) is 5.19. The summed E-state index contributed by atoms with van der Waals surface area (Å²) < 4.78 is 0. The molecule has 0 radical (unpaired) electrons. The fraction of sp³-hybridized carbons (Fsp3) is 0.500. The van der Waals surface area contributed by atoms with Crippen LogP contribution in [-0.2, 0) is 0 Å². The molecule has 0 amide bonds. The Kier molecular flexibility index (Phi) is 3.41. The molecule has 4 N–H and O–H groups in total.